The minimum absolute atomic E-state index is 0.108. The molecule has 0 saturated carbocycles. The fourth-order valence-electron chi connectivity index (χ4n) is 1.10. The summed E-state index contributed by atoms with van der Waals surface area (Å²) < 4.78 is 6.28. The highest BCUT2D eigenvalue weighted by Crippen LogP contribution is 2.24. The number of ether oxygens (including phenoxy) is 1. The maximum Gasteiger partial charge on any atom is 0.310 e. The molecule has 0 atom stereocenters. The van der Waals surface area contributed by atoms with Crippen LogP contribution in [0, 0.1) is 14.9 Å². The Labute approximate surface area is 110 Å². The molecule has 0 unspecified atom stereocenters. The predicted molar refractivity (Wildman–Crippen MR) is 67.3 cm³/mol. The summed E-state index contributed by atoms with van der Waals surface area (Å²) in [5.41, 5.74) is 1.17. The van der Waals surface area contributed by atoms with E-state index in [9.17, 15) is 4.79 Å². The first kappa shape index (κ1) is 12.5. The van der Waals surface area contributed by atoms with Gasteiger partial charge in [-0.3, -0.25) is 4.79 Å². The molecule has 0 aliphatic carbocycles. The highest BCUT2D eigenvalue weighted by atomic mass is 127. The summed E-state index contributed by atoms with van der Waals surface area (Å²) in [5, 5.41) is 8.93. The predicted octanol–water partition coefficient (Wildman–Crippen LogP) is 2.64. The maximum atomic E-state index is 11.1. The van der Waals surface area contributed by atoms with Crippen LogP contribution in [0.4, 0.5) is 0 Å². The second-order valence-electron chi connectivity index (χ2n) is 2.78. The fourth-order valence-corrected chi connectivity index (χ4v) is 2.75. The van der Waals surface area contributed by atoms with Crippen molar-refractivity contribution in [3.05, 3.63) is 31.3 Å². The van der Waals surface area contributed by atoms with Crippen molar-refractivity contribution in [3.8, 4) is 6.07 Å². The minimum Gasteiger partial charge on any atom is -0.469 e. The van der Waals surface area contributed by atoms with Crippen molar-refractivity contribution in [3.63, 3.8) is 0 Å². The molecule has 0 radical (unpaired) electrons. The van der Waals surface area contributed by atoms with E-state index in [0.29, 0.717) is 11.1 Å². The smallest absolute Gasteiger partial charge is 0.310 e. The Morgan fingerprint density at radius 1 is 1.67 bits per heavy atom. The number of nitriles is 1. The Morgan fingerprint density at radius 3 is 2.87 bits per heavy atom. The lowest BCUT2D eigenvalue weighted by molar-refractivity contribution is -0.139. The van der Waals surface area contributed by atoms with E-state index in [2.05, 4.69) is 49.3 Å². The summed E-state index contributed by atoms with van der Waals surface area (Å²) in [7, 11) is 1.33. The van der Waals surface area contributed by atoms with E-state index < -0.39 is 0 Å². The SMILES string of the molecule is COC(=O)Cc1c(Br)cc(I)cc1C#N. The van der Waals surface area contributed by atoms with Crippen LogP contribution in [0.5, 0.6) is 0 Å². The van der Waals surface area contributed by atoms with Crippen LogP contribution < -0.4 is 0 Å². The first-order valence-electron chi connectivity index (χ1n) is 4.03. The van der Waals surface area contributed by atoms with Crippen LogP contribution in [0.1, 0.15) is 11.1 Å². The third-order valence-corrected chi connectivity index (χ3v) is 3.16. The largest absolute Gasteiger partial charge is 0.469 e. The van der Waals surface area contributed by atoms with Gasteiger partial charge in [0, 0.05) is 8.04 Å². The van der Waals surface area contributed by atoms with Crippen LogP contribution >= 0.6 is 38.5 Å². The van der Waals surface area contributed by atoms with Crippen molar-refractivity contribution in [1.82, 2.24) is 0 Å². The summed E-state index contributed by atoms with van der Waals surface area (Å²) in [6.45, 7) is 0. The van der Waals surface area contributed by atoms with E-state index in [1.54, 1.807) is 6.07 Å². The number of carbonyl (C=O) groups is 1. The van der Waals surface area contributed by atoms with Crippen molar-refractivity contribution < 1.29 is 9.53 Å². The molecular formula is C10H7BrINO2. The summed E-state index contributed by atoms with van der Waals surface area (Å²) in [6.07, 6.45) is 0.108. The lowest BCUT2D eigenvalue weighted by Crippen LogP contribution is -2.07. The van der Waals surface area contributed by atoms with Gasteiger partial charge in [0.1, 0.15) is 0 Å². The molecule has 0 aromatic heterocycles. The highest BCUT2D eigenvalue weighted by Gasteiger charge is 2.12. The van der Waals surface area contributed by atoms with Gasteiger partial charge < -0.3 is 4.74 Å². The molecule has 0 aliphatic rings. The van der Waals surface area contributed by atoms with E-state index in [-0.39, 0.29) is 12.4 Å². The van der Waals surface area contributed by atoms with Crippen molar-refractivity contribution in [1.29, 1.82) is 5.26 Å². The Bertz CT molecular complexity index is 440. The zero-order chi connectivity index (χ0) is 11.4. The highest BCUT2D eigenvalue weighted by molar-refractivity contribution is 14.1. The number of esters is 1. The number of halogens is 2. The average Bonchev–Trinajstić information content (AvgIpc) is 2.21. The molecule has 0 spiro atoms. The lowest BCUT2D eigenvalue weighted by Gasteiger charge is -2.06. The van der Waals surface area contributed by atoms with Gasteiger partial charge in [-0.25, -0.2) is 0 Å². The average molecular weight is 380 g/mol. The van der Waals surface area contributed by atoms with Crippen molar-refractivity contribution in [2.75, 3.05) is 7.11 Å². The normalized spacial score (nSPS) is 9.47. The zero-order valence-corrected chi connectivity index (χ0v) is 11.6. The van der Waals surface area contributed by atoms with Gasteiger partial charge in [-0.2, -0.15) is 5.26 Å². The number of hydrogen-bond acceptors (Lipinski definition) is 3. The van der Waals surface area contributed by atoms with Gasteiger partial charge in [0.05, 0.1) is 25.2 Å². The lowest BCUT2D eigenvalue weighted by atomic mass is 10.1. The van der Waals surface area contributed by atoms with Crippen LogP contribution in [-0.2, 0) is 16.0 Å². The Hall–Kier alpha value is -0.610. The molecule has 3 nitrogen and oxygen atoms in total. The Balaban J connectivity index is 3.17. The number of carbonyl (C=O) groups excluding carboxylic acids is 1. The van der Waals surface area contributed by atoms with Gasteiger partial charge in [0.25, 0.3) is 0 Å². The molecule has 5 heteroatoms. The van der Waals surface area contributed by atoms with Crippen molar-refractivity contribution in [2.24, 2.45) is 0 Å². The molecule has 15 heavy (non-hydrogen) atoms. The molecule has 0 heterocycles. The minimum atomic E-state index is -0.353. The third kappa shape index (κ3) is 3.18. The molecule has 0 bridgehead atoms. The van der Waals surface area contributed by atoms with Crippen LogP contribution in [0.25, 0.3) is 0 Å². The van der Waals surface area contributed by atoms with Crippen LogP contribution in [-0.4, -0.2) is 13.1 Å². The van der Waals surface area contributed by atoms with Gasteiger partial charge in [0.2, 0.25) is 0 Å². The van der Waals surface area contributed by atoms with Crippen LogP contribution in [0.2, 0.25) is 0 Å². The number of hydrogen-bond donors (Lipinski definition) is 0. The molecule has 78 valence electrons. The summed E-state index contributed by atoms with van der Waals surface area (Å²) >= 11 is 5.45. The van der Waals surface area contributed by atoms with E-state index >= 15 is 0 Å². The topological polar surface area (TPSA) is 50.1 Å². The number of benzene rings is 1. The monoisotopic (exact) mass is 379 g/mol. The molecule has 0 amide bonds. The molecular weight excluding hydrogens is 373 g/mol. The van der Waals surface area contributed by atoms with Crippen molar-refractivity contribution >= 4 is 44.5 Å². The molecule has 0 fully saturated rings. The zero-order valence-electron chi connectivity index (χ0n) is 7.88. The Morgan fingerprint density at radius 2 is 2.33 bits per heavy atom. The first-order valence-corrected chi connectivity index (χ1v) is 5.90. The van der Waals surface area contributed by atoms with Gasteiger partial charge in [-0.1, -0.05) is 15.9 Å². The maximum absolute atomic E-state index is 11.1. The molecule has 0 saturated heterocycles. The summed E-state index contributed by atoms with van der Waals surface area (Å²) in [4.78, 5) is 11.1. The van der Waals surface area contributed by atoms with Gasteiger partial charge in [-0.15, -0.1) is 0 Å². The number of nitrogens with zero attached hydrogens (tertiary/aromatic N) is 1. The van der Waals surface area contributed by atoms with Gasteiger partial charge in [0.15, 0.2) is 0 Å². The fraction of sp³-hybridized carbons (Fsp3) is 0.200. The van der Waals surface area contributed by atoms with E-state index in [4.69, 9.17) is 5.26 Å². The molecule has 0 aliphatic heterocycles. The second-order valence-corrected chi connectivity index (χ2v) is 4.88. The second kappa shape index (κ2) is 5.47. The van der Waals surface area contributed by atoms with Crippen LogP contribution in [0.3, 0.4) is 0 Å². The van der Waals surface area contributed by atoms with E-state index in [1.807, 2.05) is 6.07 Å². The standard InChI is InChI=1S/C10H7BrINO2/c1-15-10(14)4-8-6(5-13)2-7(12)3-9(8)11/h2-3H,4H2,1H3. The molecule has 1 rings (SSSR count). The summed E-state index contributed by atoms with van der Waals surface area (Å²) in [6, 6.07) is 5.66. The summed E-state index contributed by atoms with van der Waals surface area (Å²) in [5.74, 6) is -0.353. The number of methoxy groups -OCH3 is 1. The van der Waals surface area contributed by atoms with E-state index in [0.717, 1.165) is 8.04 Å². The number of rotatable bonds is 2. The van der Waals surface area contributed by atoms with Gasteiger partial charge in [-0.05, 0) is 40.3 Å². The van der Waals surface area contributed by atoms with Crippen molar-refractivity contribution in [2.45, 2.75) is 6.42 Å². The Kier molecular flexibility index (Phi) is 4.54. The van der Waals surface area contributed by atoms with Crippen LogP contribution in [0.15, 0.2) is 16.6 Å². The molecule has 1 aromatic rings. The third-order valence-electron chi connectivity index (χ3n) is 1.83. The van der Waals surface area contributed by atoms with Gasteiger partial charge >= 0.3 is 5.97 Å². The first-order chi connectivity index (χ1) is 7.08. The van der Waals surface area contributed by atoms with E-state index in [1.165, 1.54) is 7.11 Å². The molecule has 1 aromatic carbocycles. The molecule has 0 N–H and O–H groups in total. The quantitative estimate of drug-likeness (QED) is 0.586.